The second-order valence-electron chi connectivity index (χ2n) is 6.24. The normalized spacial score (nSPS) is 15.3. The number of allylic oxidation sites excluding steroid dienone is 2. The number of carboxylic acid groups (broad SMARTS) is 1. The van der Waals surface area contributed by atoms with Crippen molar-refractivity contribution in [2.45, 2.75) is 6.54 Å². The second-order valence-corrected chi connectivity index (χ2v) is 6.24. The van der Waals surface area contributed by atoms with Gasteiger partial charge in [-0.15, -0.1) is 0 Å². The third-order valence-corrected chi connectivity index (χ3v) is 4.32. The van der Waals surface area contributed by atoms with E-state index in [0.29, 0.717) is 6.07 Å². The zero-order valence-electron chi connectivity index (χ0n) is 16.5. The fourth-order valence-electron chi connectivity index (χ4n) is 2.87. The smallest absolute Gasteiger partial charge is 0.356 e. The van der Waals surface area contributed by atoms with Crippen LogP contribution >= 0.6 is 0 Å². The number of carbonyl (C=O) groups excluding carboxylic acids is 2. The van der Waals surface area contributed by atoms with Gasteiger partial charge < -0.3 is 24.8 Å². The topological polar surface area (TPSA) is 118 Å². The van der Waals surface area contributed by atoms with Crippen LogP contribution in [0.25, 0.3) is 0 Å². The van der Waals surface area contributed by atoms with Crippen molar-refractivity contribution in [1.82, 2.24) is 10.2 Å². The van der Waals surface area contributed by atoms with Crippen LogP contribution in [0.2, 0.25) is 0 Å². The van der Waals surface area contributed by atoms with Crippen molar-refractivity contribution in [1.29, 1.82) is 0 Å². The molecule has 2 heterocycles. The van der Waals surface area contributed by atoms with E-state index in [1.807, 2.05) is 0 Å². The SMILES string of the molecule is COC1=C(C(=O)O)N(C2=COC=CN=C2)C=C(C(=O)NCc2ccc(F)cc2F)C1=C=O. The number of rotatable bonds is 6. The number of halogens is 2. The van der Waals surface area contributed by atoms with Crippen molar-refractivity contribution in [3.05, 3.63) is 88.6 Å². The molecular formula is C21H15F2N3O6. The van der Waals surface area contributed by atoms with Crippen LogP contribution in [0.3, 0.4) is 0 Å². The number of aliphatic imine (C=N–C) groups is 1. The molecule has 32 heavy (non-hydrogen) atoms. The highest BCUT2D eigenvalue weighted by molar-refractivity contribution is 6.04. The van der Waals surface area contributed by atoms with Crippen LogP contribution in [0.15, 0.2) is 76.4 Å². The molecule has 0 radical (unpaired) electrons. The van der Waals surface area contributed by atoms with Gasteiger partial charge in [0.2, 0.25) is 0 Å². The largest absolute Gasteiger partial charge is 0.493 e. The van der Waals surface area contributed by atoms with Gasteiger partial charge in [-0.3, -0.25) is 9.79 Å². The summed E-state index contributed by atoms with van der Waals surface area (Å²) < 4.78 is 37.1. The molecule has 0 saturated heterocycles. The van der Waals surface area contributed by atoms with Crippen molar-refractivity contribution in [3.8, 4) is 0 Å². The highest BCUT2D eigenvalue weighted by Crippen LogP contribution is 2.32. The second kappa shape index (κ2) is 9.54. The Balaban J connectivity index is 2.00. The maximum absolute atomic E-state index is 13.9. The van der Waals surface area contributed by atoms with Crippen LogP contribution in [0.5, 0.6) is 0 Å². The number of methoxy groups -OCH3 is 1. The average Bonchev–Trinajstić information content (AvgIpc) is 3.06. The standard InChI is InChI=1S/C21H15F2N3O6/c1-31-19-16(10-27)15(20(28)25-7-12-2-3-13(22)6-17(12)23)9-26(18(19)21(29)30)14-8-24-4-5-32-11-14/h2-6,8-9,11H,7H2,1H3,(H,25,28)(H,29,30). The van der Waals surface area contributed by atoms with E-state index in [2.05, 4.69) is 10.3 Å². The van der Waals surface area contributed by atoms with Gasteiger partial charge in [-0.2, -0.15) is 0 Å². The van der Waals surface area contributed by atoms with Crippen LogP contribution in [0.4, 0.5) is 8.78 Å². The molecular weight excluding hydrogens is 428 g/mol. The number of carboxylic acids is 1. The van der Waals surface area contributed by atoms with E-state index < -0.39 is 40.5 Å². The van der Waals surface area contributed by atoms with Crippen molar-refractivity contribution in [2.24, 2.45) is 4.99 Å². The minimum Gasteiger partial charge on any atom is -0.493 e. The molecule has 164 valence electrons. The zero-order valence-corrected chi connectivity index (χ0v) is 16.5. The van der Waals surface area contributed by atoms with Gasteiger partial charge in [-0.05, 0) is 6.07 Å². The Morgan fingerprint density at radius 3 is 2.78 bits per heavy atom. The average molecular weight is 443 g/mol. The van der Waals surface area contributed by atoms with Crippen LogP contribution in [0.1, 0.15) is 5.56 Å². The van der Waals surface area contributed by atoms with Crippen molar-refractivity contribution in [2.75, 3.05) is 7.11 Å². The molecule has 0 atom stereocenters. The first-order chi connectivity index (χ1) is 15.4. The van der Waals surface area contributed by atoms with Crippen LogP contribution < -0.4 is 5.32 Å². The van der Waals surface area contributed by atoms with Crippen LogP contribution in [0, 0.1) is 11.6 Å². The summed E-state index contributed by atoms with van der Waals surface area (Å²) in [5.41, 5.74) is -1.16. The van der Waals surface area contributed by atoms with Gasteiger partial charge in [0, 0.05) is 24.4 Å². The van der Waals surface area contributed by atoms with Gasteiger partial charge in [-0.1, -0.05) is 6.07 Å². The summed E-state index contributed by atoms with van der Waals surface area (Å²) in [6.07, 6.45) is 6.03. The molecule has 0 bridgehead atoms. The third-order valence-electron chi connectivity index (χ3n) is 4.32. The first-order valence-electron chi connectivity index (χ1n) is 8.91. The van der Waals surface area contributed by atoms with Gasteiger partial charge >= 0.3 is 5.97 Å². The molecule has 1 aromatic rings. The molecule has 3 rings (SSSR count). The van der Waals surface area contributed by atoms with E-state index in [4.69, 9.17) is 9.47 Å². The van der Waals surface area contributed by atoms with E-state index in [9.17, 15) is 28.3 Å². The number of nitrogens with one attached hydrogen (secondary N) is 1. The number of benzene rings is 1. The summed E-state index contributed by atoms with van der Waals surface area (Å²) >= 11 is 0. The minimum atomic E-state index is -1.47. The fourth-order valence-corrected chi connectivity index (χ4v) is 2.87. The highest BCUT2D eigenvalue weighted by Gasteiger charge is 2.35. The third kappa shape index (κ3) is 4.47. The first-order valence-corrected chi connectivity index (χ1v) is 8.91. The van der Waals surface area contributed by atoms with Crippen LogP contribution in [-0.4, -0.2) is 41.1 Å². The lowest BCUT2D eigenvalue weighted by Gasteiger charge is -2.28. The minimum absolute atomic E-state index is 0.00327. The van der Waals surface area contributed by atoms with Gasteiger partial charge in [0.25, 0.3) is 5.91 Å². The summed E-state index contributed by atoms with van der Waals surface area (Å²) in [6, 6.07) is 2.85. The van der Waals surface area contributed by atoms with E-state index in [0.717, 1.165) is 30.3 Å². The Hall–Kier alpha value is -4.50. The number of carbonyl (C=O) groups is 2. The van der Waals surface area contributed by atoms with E-state index in [1.165, 1.54) is 30.9 Å². The summed E-state index contributed by atoms with van der Waals surface area (Å²) in [4.78, 5) is 41.3. The quantitative estimate of drug-likeness (QED) is 0.645. The van der Waals surface area contributed by atoms with Crippen molar-refractivity contribution < 1.29 is 37.7 Å². The molecule has 0 saturated carbocycles. The summed E-state index contributed by atoms with van der Waals surface area (Å²) in [7, 11) is 1.12. The Morgan fingerprint density at radius 1 is 1.34 bits per heavy atom. The molecule has 0 aliphatic carbocycles. The molecule has 11 heteroatoms. The summed E-state index contributed by atoms with van der Waals surface area (Å²) in [5.74, 6) is -2.89. The number of hydrogen-bond donors (Lipinski definition) is 2. The predicted molar refractivity (Wildman–Crippen MR) is 106 cm³/mol. The molecule has 1 amide bonds. The zero-order chi connectivity index (χ0) is 23.3. The van der Waals surface area contributed by atoms with Gasteiger partial charge in [-0.25, -0.2) is 18.4 Å². The predicted octanol–water partition coefficient (Wildman–Crippen LogP) is 1.89. The Bertz CT molecular complexity index is 1180. The highest BCUT2D eigenvalue weighted by atomic mass is 19.1. The van der Waals surface area contributed by atoms with Crippen molar-refractivity contribution in [3.63, 3.8) is 0 Å². The lowest BCUT2D eigenvalue weighted by atomic mass is 9.99. The Labute approximate surface area is 179 Å². The molecule has 0 aromatic heterocycles. The molecule has 0 spiro atoms. The molecule has 9 nitrogen and oxygen atoms in total. The van der Waals surface area contributed by atoms with Gasteiger partial charge in [0.15, 0.2) is 11.5 Å². The van der Waals surface area contributed by atoms with Gasteiger partial charge in [0.05, 0.1) is 30.8 Å². The van der Waals surface area contributed by atoms with Gasteiger partial charge in [0.1, 0.15) is 35.7 Å². The lowest BCUT2D eigenvalue weighted by molar-refractivity contribution is -0.134. The Morgan fingerprint density at radius 2 is 2.12 bits per heavy atom. The molecule has 0 unspecified atom stereocenters. The lowest BCUT2D eigenvalue weighted by Crippen LogP contribution is -2.34. The number of ether oxygens (including phenoxy) is 2. The van der Waals surface area contributed by atoms with E-state index in [1.54, 1.807) is 0 Å². The summed E-state index contributed by atoms with van der Waals surface area (Å²) in [5, 5.41) is 12.1. The summed E-state index contributed by atoms with van der Waals surface area (Å²) in [6.45, 7) is -0.330. The van der Waals surface area contributed by atoms with E-state index >= 15 is 0 Å². The number of amides is 1. The van der Waals surface area contributed by atoms with E-state index in [-0.39, 0.29) is 23.4 Å². The van der Waals surface area contributed by atoms with Crippen LogP contribution in [-0.2, 0) is 30.4 Å². The fraction of sp³-hybridized carbons (Fsp3) is 0.0952. The first kappa shape index (κ1) is 22.2. The number of aliphatic carboxylic acids is 1. The molecule has 2 aliphatic heterocycles. The Kier molecular flexibility index (Phi) is 6.62. The maximum atomic E-state index is 13.9. The molecule has 0 fully saturated rings. The van der Waals surface area contributed by atoms with Crippen molar-refractivity contribution >= 4 is 24.0 Å². The number of nitrogens with zero attached hydrogens (tertiary/aromatic N) is 2. The molecule has 1 aromatic carbocycles. The molecule has 2 N–H and O–H groups in total. The number of hydrogen-bond acceptors (Lipinski definition) is 7. The maximum Gasteiger partial charge on any atom is 0.356 e. The molecule has 2 aliphatic rings. The monoisotopic (exact) mass is 443 g/mol.